The van der Waals surface area contributed by atoms with Gasteiger partial charge < -0.3 is 15.0 Å². The number of halogens is 3. The van der Waals surface area contributed by atoms with Gasteiger partial charge in [-0.2, -0.15) is 13.2 Å². The van der Waals surface area contributed by atoms with E-state index < -0.39 is 18.3 Å². The average molecular weight is 282 g/mol. The molecule has 1 saturated heterocycles. The van der Waals surface area contributed by atoms with Gasteiger partial charge in [0.1, 0.15) is 12.1 Å². The zero-order valence-electron chi connectivity index (χ0n) is 10.8. The lowest BCUT2D eigenvalue weighted by molar-refractivity contribution is -0.175. The fourth-order valence-corrected chi connectivity index (χ4v) is 1.82. The van der Waals surface area contributed by atoms with Crippen LogP contribution >= 0.6 is 0 Å². The Morgan fingerprint density at radius 2 is 2.11 bits per heavy atom. The Kier molecular flexibility index (Phi) is 4.78. The molecule has 0 spiro atoms. The van der Waals surface area contributed by atoms with Crippen molar-refractivity contribution in [2.24, 2.45) is 0 Å². The molecule has 0 unspecified atom stereocenters. The molecule has 0 aromatic rings. The standard InChI is InChI=1S/C11H17F3N2O3/c1-10(2)9(18)15-4-5-16(10)8(17)3-6-19-7-11(12,13)14/h3-7H2,1-2H3,(H,15,18). The summed E-state index contributed by atoms with van der Waals surface area (Å²) in [5.41, 5.74) is -0.987. The number of amides is 2. The largest absolute Gasteiger partial charge is 0.411 e. The van der Waals surface area contributed by atoms with Gasteiger partial charge >= 0.3 is 6.18 Å². The number of piperazine rings is 1. The highest BCUT2D eigenvalue weighted by Crippen LogP contribution is 2.19. The lowest BCUT2D eigenvalue weighted by Gasteiger charge is -2.41. The Balaban J connectivity index is 2.43. The van der Waals surface area contributed by atoms with Crippen molar-refractivity contribution in [1.29, 1.82) is 0 Å². The zero-order chi connectivity index (χ0) is 14.7. The molecular formula is C11H17F3N2O3. The van der Waals surface area contributed by atoms with E-state index in [0.29, 0.717) is 13.1 Å². The van der Waals surface area contributed by atoms with Crippen LogP contribution < -0.4 is 5.32 Å². The van der Waals surface area contributed by atoms with Gasteiger partial charge in [-0.3, -0.25) is 9.59 Å². The first kappa shape index (κ1) is 15.7. The number of nitrogens with zero attached hydrogens (tertiary/aromatic N) is 1. The van der Waals surface area contributed by atoms with E-state index in [2.05, 4.69) is 10.1 Å². The summed E-state index contributed by atoms with van der Waals surface area (Å²) in [4.78, 5) is 24.8. The third-order valence-electron chi connectivity index (χ3n) is 2.88. The maximum absolute atomic E-state index is 11.9. The fraction of sp³-hybridized carbons (Fsp3) is 0.818. The second-order valence-electron chi connectivity index (χ2n) is 4.78. The summed E-state index contributed by atoms with van der Waals surface area (Å²) in [7, 11) is 0. The number of alkyl halides is 3. The van der Waals surface area contributed by atoms with Gasteiger partial charge in [-0.1, -0.05) is 0 Å². The number of hydrogen-bond donors (Lipinski definition) is 1. The van der Waals surface area contributed by atoms with Gasteiger partial charge in [0.15, 0.2) is 0 Å². The van der Waals surface area contributed by atoms with Gasteiger partial charge in [0, 0.05) is 13.1 Å². The Hall–Kier alpha value is -1.31. The molecule has 1 aliphatic heterocycles. The molecule has 0 aliphatic carbocycles. The van der Waals surface area contributed by atoms with Crippen molar-refractivity contribution in [3.05, 3.63) is 0 Å². The Morgan fingerprint density at radius 1 is 1.47 bits per heavy atom. The first-order chi connectivity index (χ1) is 8.64. The molecule has 19 heavy (non-hydrogen) atoms. The molecule has 0 bridgehead atoms. The molecule has 1 heterocycles. The summed E-state index contributed by atoms with van der Waals surface area (Å²) in [6, 6.07) is 0. The molecule has 0 radical (unpaired) electrons. The minimum atomic E-state index is -4.40. The zero-order valence-corrected chi connectivity index (χ0v) is 10.8. The van der Waals surface area contributed by atoms with Crippen LogP contribution in [-0.2, 0) is 14.3 Å². The van der Waals surface area contributed by atoms with E-state index in [1.54, 1.807) is 13.8 Å². The first-order valence-corrected chi connectivity index (χ1v) is 5.88. The number of ether oxygens (including phenoxy) is 1. The van der Waals surface area contributed by atoms with Gasteiger partial charge in [-0.05, 0) is 13.8 Å². The molecule has 1 aliphatic rings. The van der Waals surface area contributed by atoms with Crippen LogP contribution in [0.4, 0.5) is 13.2 Å². The highest BCUT2D eigenvalue weighted by Gasteiger charge is 2.40. The van der Waals surface area contributed by atoms with Crippen molar-refractivity contribution in [3.8, 4) is 0 Å². The molecule has 8 heteroatoms. The van der Waals surface area contributed by atoms with Crippen molar-refractivity contribution >= 4 is 11.8 Å². The summed E-state index contributed by atoms with van der Waals surface area (Å²) in [6.07, 6.45) is -4.57. The molecule has 5 nitrogen and oxygen atoms in total. The molecule has 1 N–H and O–H groups in total. The maximum Gasteiger partial charge on any atom is 0.411 e. The van der Waals surface area contributed by atoms with Crippen LogP contribution in [0, 0.1) is 0 Å². The van der Waals surface area contributed by atoms with Gasteiger partial charge in [0.2, 0.25) is 11.8 Å². The number of rotatable bonds is 4. The van der Waals surface area contributed by atoms with Crippen LogP contribution in [0.3, 0.4) is 0 Å². The van der Waals surface area contributed by atoms with Crippen LogP contribution in [0.25, 0.3) is 0 Å². The predicted octanol–water partition coefficient (Wildman–Crippen LogP) is 0.692. The molecular weight excluding hydrogens is 265 g/mol. The lowest BCUT2D eigenvalue weighted by atomic mass is 9.98. The van der Waals surface area contributed by atoms with E-state index in [9.17, 15) is 22.8 Å². The van der Waals surface area contributed by atoms with Crippen molar-refractivity contribution < 1.29 is 27.5 Å². The van der Waals surface area contributed by atoms with E-state index in [-0.39, 0.29) is 24.8 Å². The second kappa shape index (κ2) is 5.77. The van der Waals surface area contributed by atoms with Crippen molar-refractivity contribution in [3.63, 3.8) is 0 Å². The SMILES string of the molecule is CC1(C)C(=O)NCCN1C(=O)CCOCC(F)(F)F. The van der Waals surface area contributed by atoms with Crippen LogP contribution in [0.5, 0.6) is 0 Å². The van der Waals surface area contributed by atoms with Crippen LogP contribution in [0.15, 0.2) is 0 Å². The van der Waals surface area contributed by atoms with E-state index in [4.69, 9.17) is 0 Å². The smallest absolute Gasteiger partial charge is 0.372 e. The minimum Gasteiger partial charge on any atom is -0.372 e. The maximum atomic E-state index is 11.9. The number of carbonyl (C=O) groups excluding carboxylic acids is 2. The monoisotopic (exact) mass is 282 g/mol. The lowest BCUT2D eigenvalue weighted by Crippen LogP contribution is -2.63. The number of hydrogen-bond acceptors (Lipinski definition) is 3. The topological polar surface area (TPSA) is 58.6 Å². The highest BCUT2D eigenvalue weighted by molar-refractivity contribution is 5.91. The normalized spacial score (nSPS) is 19.2. The van der Waals surface area contributed by atoms with Gasteiger partial charge in [0.05, 0.1) is 13.0 Å². The van der Waals surface area contributed by atoms with Gasteiger partial charge in [-0.15, -0.1) is 0 Å². The molecule has 1 fully saturated rings. The van der Waals surface area contributed by atoms with Crippen molar-refractivity contribution in [1.82, 2.24) is 10.2 Å². The van der Waals surface area contributed by atoms with Gasteiger partial charge in [0.25, 0.3) is 0 Å². The Labute approximate surface area is 109 Å². The van der Waals surface area contributed by atoms with Crippen LogP contribution in [0.2, 0.25) is 0 Å². The van der Waals surface area contributed by atoms with Crippen LogP contribution in [-0.4, -0.2) is 54.7 Å². The summed E-state index contributed by atoms with van der Waals surface area (Å²) >= 11 is 0. The predicted molar refractivity (Wildman–Crippen MR) is 60.3 cm³/mol. The number of nitrogens with one attached hydrogen (secondary N) is 1. The summed E-state index contributed by atoms with van der Waals surface area (Å²) in [5.74, 6) is -0.662. The molecule has 1 rings (SSSR count). The number of carbonyl (C=O) groups is 2. The third-order valence-corrected chi connectivity index (χ3v) is 2.88. The first-order valence-electron chi connectivity index (χ1n) is 5.88. The Morgan fingerprint density at radius 3 is 2.68 bits per heavy atom. The molecule has 110 valence electrons. The molecule has 0 aromatic carbocycles. The van der Waals surface area contributed by atoms with E-state index >= 15 is 0 Å². The molecule has 0 saturated carbocycles. The molecule has 0 aromatic heterocycles. The third kappa shape index (κ3) is 4.38. The average Bonchev–Trinajstić information content (AvgIpc) is 2.26. The summed E-state index contributed by atoms with van der Waals surface area (Å²) < 4.78 is 39.9. The summed E-state index contributed by atoms with van der Waals surface area (Å²) in [6.45, 7) is 2.19. The fourth-order valence-electron chi connectivity index (χ4n) is 1.82. The molecule has 0 atom stereocenters. The molecule has 2 amide bonds. The second-order valence-corrected chi connectivity index (χ2v) is 4.78. The van der Waals surface area contributed by atoms with E-state index in [1.807, 2.05) is 0 Å². The van der Waals surface area contributed by atoms with Gasteiger partial charge in [-0.25, -0.2) is 0 Å². The minimum absolute atomic E-state index is 0.174. The summed E-state index contributed by atoms with van der Waals surface area (Å²) in [5, 5.41) is 2.63. The Bertz CT molecular complexity index is 356. The van der Waals surface area contributed by atoms with Crippen molar-refractivity contribution in [2.75, 3.05) is 26.3 Å². The van der Waals surface area contributed by atoms with Crippen molar-refractivity contribution in [2.45, 2.75) is 32.0 Å². The highest BCUT2D eigenvalue weighted by atomic mass is 19.4. The van der Waals surface area contributed by atoms with E-state index in [1.165, 1.54) is 4.90 Å². The van der Waals surface area contributed by atoms with Crippen LogP contribution in [0.1, 0.15) is 20.3 Å². The quantitative estimate of drug-likeness (QED) is 0.772. The van der Waals surface area contributed by atoms with E-state index in [0.717, 1.165) is 0 Å².